The molecule has 11 heavy (non-hydrogen) atoms. The quantitative estimate of drug-likeness (QED) is 0.422. The summed E-state index contributed by atoms with van der Waals surface area (Å²) in [6.07, 6.45) is 0. The maximum atomic E-state index is 5.22. The van der Waals surface area contributed by atoms with Crippen LogP contribution in [0.2, 0.25) is 0 Å². The smallest absolute Gasteiger partial charge is 0.136 e. The van der Waals surface area contributed by atoms with Crippen molar-refractivity contribution in [1.29, 1.82) is 0 Å². The summed E-state index contributed by atoms with van der Waals surface area (Å²) in [5.41, 5.74) is 0. The van der Waals surface area contributed by atoms with Crippen molar-refractivity contribution in [1.82, 2.24) is 0 Å². The maximum Gasteiger partial charge on any atom is 0.136 e. The van der Waals surface area contributed by atoms with E-state index < -0.39 is 0 Å². The average Bonchev–Trinajstić information content (AvgIpc) is 2.07. The van der Waals surface area contributed by atoms with Gasteiger partial charge in [-0.15, -0.1) is 0 Å². The second-order valence-corrected chi connectivity index (χ2v) is 2.11. The zero-order valence-electron chi connectivity index (χ0n) is 5.93. The molecule has 3 heteroatoms. The van der Waals surface area contributed by atoms with Crippen molar-refractivity contribution in [2.24, 2.45) is 0 Å². The average molecular weight is 169 g/mol. The Balaban J connectivity index is 2.28. The standard InChI is InChI=1S/C8H9O2S/c11-10-7-6-9-8-4-2-1-3-5-8/h1-5,7,11H,6H2. The van der Waals surface area contributed by atoms with E-state index in [2.05, 4.69) is 17.1 Å². The van der Waals surface area contributed by atoms with E-state index in [9.17, 15) is 0 Å². The van der Waals surface area contributed by atoms with Crippen molar-refractivity contribution >= 4 is 12.9 Å². The minimum absolute atomic E-state index is 0.410. The van der Waals surface area contributed by atoms with Crippen LogP contribution in [0.5, 0.6) is 5.75 Å². The fourth-order valence-electron chi connectivity index (χ4n) is 0.677. The third-order valence-electron chi connectivity index (χ3n) is 1.14. The van der Waals surface area contributed by atoms with Crippen LogP contribution < -0.4 is 4.74 Å². The topological polar surface area (TPSA) is 18.5 Å². The molecule has 0 amide bonds. The number of hydrogen-bond acceptors (Lipinski definition) is 3. The Morgan fingerprint density at radius 3 is 2.64 bits per heavy atom. The van der Waals surface area contributed by atoms with Crippen LogP contribution in [0.3, 0.4) is 0 Å². The summed E-state index contributed by atoms with van der Waals surface area (Å²) in [5, 5.41) is 0. The zero-order valence-corrected chi connectivity index (χ0v) is 6.83. The Morgan fingerprint density at radius 1 is 1.27 bits per heavy atom. The van der Waals surface area contributed by atoms with E-state index in [0.29, 0.717) is 6.61 Å². The van der Waals surface area contributed by atoms with Gasteiger partial charge in [-0.3, -0.25) is 0 Å². The van der Waals surface area contributed by atoms with Crippen LogP contribution >= 0.6 is 12.9 Å². The molecule has 0 bridgehead atoms. The molecule has 0 aliphatic rings. The summed E-state index contributed by atoms with van der Waals surface area (Å²) in [6, 6.07) is 9.53. The van der Waals surface area contributed by atoms with Crippen LogP contribution in [0.25, 0.3) is 0 Å². The molecule has 0 spiro atoms. The SMILES string of the molecule is SO[CH]COc1ccccc1. The van der Waals surface area contributed by atoms with Crippen molar-refractivity contribution in [2.45, 2.75) is 0 Å². The molecule has 1 rings (SSSR count). The molecule has 2 nitrogen and oxygen atoms in total. The van der Waals surface area contributed by atoms with Crippen LogP contribution in [0.1, 0.15) is 0 Å². The van der Waals surface area contributed by atoms with Gasteiger partial charge in [-0.25, -0.2) is 0 Å². The van der Waals surface area contributed by atoms with Crippen molar-refractivity contribution in [3.8, 4) is 5.75 Å². The van der Waals surface area contributed by atoms with Gasteiger partial charge in [-0.1, -0.05) is 18.2 Å². The first-order valence-electron chi connectivity index (χ1n) is 3.23. The summed E-state index contributed by atoms with van der Waals surface area (Å²) in [5.74, 6) is 0.828. The van der Waals surface area contributed by atoms with E-state index in [0.717, 1.165) is 5.75 Å². The molecule has 0 atom stereocenters. The Labute approximate surface area is 71.8 Å². The van der Waals surface area contributed by atoms with Crippen LogP contribution in [-0.2, 0) is 4.18 Å². The third kappa shape index (κ3) is 3.30. The van der Waals surface area contributed by atoms with Crippen molar-refractivity contribution in [3.63, 3.8) is 0 Å². The molecular weight excluding hydrogens is 160 g/mol. The van der Waals surface area contributed by atoms with E-state index in [1.165, 1.54) is 6.61 Å². The summed E-state index contributed by atoms with van der Waals surface area (Å²) in [6.45, 7) is 1.88. The number of para-hydroxylation sites is 1. The van der Waals surface area contributed by atoms with Crippen LogP contribution in [0.15, 0.2) is 30.3 Å². The lowest BCUT2D eigenvalue weighted by Gasteiger charge is -2.02. The molecule has 1 radical (unpaired) electrons. The normalized spacial score (nSPS) is 9.55. The van der Waals surface area contributed by atoms with Crippen LogP contribution in [0.4, 0.5) is 0 Å². The molecule has 0 saturated carbocycles. The van der Waals surface area contributed by atoms with E-state index in [1.54, 1.807) is 0 Å². The van der Waals surface area contributed by atoms with Gasteiger partial charge in [0, 0.05) is 0 Å². The van der Waals surface area contributed by atoms with Gasteiger partial charge in [0.2, 0.25) is 0 Å². The Bertz CT molecular complexity index is 189. The zero-order chi connectivity index (χ0) is 7.94. The fourth-order valence-corrected chi connectivity index (χ4v) is 0.738. The fraction of sp³-hybridized carbons (Fsp3) is 0.125. The van der Waals surface area contributed by atoms with E-state index in [-0.39, 0.29) is 0 Å². The van der Waals surface area contributed by atoms with Crippen molar-refractivity contribution < 1.29 is 8.92 Å². The first-order valence-corrected chi connectivity index (χ1v) is 3.60. The maximum absolute atomic E-state index is 5.22. The molecule has 0 aromatic heterocycles. The van der Waals surface area contributed by atoms with Crippen LogP contribution in [0, 0.1) is 6.61 Å². The van der Waals surface area contributed by atoms with Gasteiger partial charge in [0.25, 0.3) is 0 Å². The van der Waals surface area contributed by atoms with Crippen molar-refractivity contribution in [3.05, 3.63) is 36.9 Å². The molecule has 0 aliphatic carbocycles. The molecular formula is C8H9O2S. The summed E-state index contributed by atoms with van der Waals surface area (Å²) < 4.78 is 9.62. The number of thiol groups is 1. The summed E-state index contributed by atoms with van der Waals surface area (Å²) in [7, 11) is 0. The predicted molar refractivity (Wildman–Crippen MR) is 46.3 cm³/mol. The highest BCUT2D eigenvalue weighted by Gasteiger charge is 1.89. The molecule has 0 unspecified atom stereocenters. The van der Waals surface area contributed by atoms with Gasteiger partial charge in [0.15, 0.2) is 0 Å². The second kappa shape index (κ2) is 5.04. The highest BCUT2D eigenvalue weighted by Crippen LogP contribution is 2.08. The minimum atomic E-state index is 0.410. The molecule has 1 aromatic rings. The minimum Gasteiger partial charge on any atom is -0.491 e. The molecule has 0 N–H and O–H groups in total. The molecule has 0 saturated heterocycles. The lowest BCUT2D eigenvalue weighted by atomic mass is 10.3. The molecule has 0 fully saturated rings. The van der Waals surface area contributed by atoms with Gasteiger partial charge in [0.05, 0.1) is 0 Å². The lowest BCUT2D eigenvalue weighted by molar-refractivity contribution is 0.291. The first kappa shape index (κ1) is 8.43. The number of rotatable bonds is 4. The second-order valence-electron chi connectivity index (χ2n) is 1.90. The summed E-state index contributed by atoms with van der Waals surface area (Å²) in [4.78, 5) is 0. The number of ether oxygens (including phenoxy) is 1. The van der Waals surface area contributed by atoms with Gasteiger partial charge in [-0.05, 0) is 25.0 Å². The Hall–Kier alpha value is -0.670. The van der Waals surface area contributed by atoms with Gasteiger partial charge in [-0.2, -0.15) is 0 Å². The molecule has 59 valence electrons. The van der Waals surface area contributed by atoms with Crippen LogP contribution in [-0.4, -0.2) is 6.61 Å². The van der Waals surface area contributed by atoms with E-state index in [1.807, 2.05) is 30.3 Å². The van der Waals surface area contributed by atoms with Crippen molar-refractivity contribution in [2.75, 3.05) is 6.61 Å². The number of benzene rings is 1. The Kier molecular flexibility index (Phi) is 3.86. The predicted octanol–water partition coefficient (Wildman–Crippen LogP) is 2.09. The largest absolute Gasteiger partial charge is 0.491 e. The highest BCUT2D eigenvalue weighted by molar-refractivity contribution is 7.75. The van der Waals surface area contributed by atoms with Gasteiger partial charge >= 0.3 is 0 Å². The lowest BCUT2D eigenvalue weighted by Crippen LogP contribution is -1.96. The van der Waals surface area contributed by atoms with Gasteiger partial charge in [0.1, 0.15) is 19.0 Å². The highest BCUT2D eigenvalue weighted by atomic mass is 32.1. The molecule has 1 aromatic carbocycles. The monoisotopic (exact) mass is 169 g/mol. The Morgan fingerprint density at radius 2 is 2.00 bits per heavy atom. The molecule has 0 heterocycles. The number of hydrogen-bond donors (Lipinski definition) is 1. The molecule has 0 aliphatic heterocycles. The third-order valence-corrected chi connectivity index (χ3v) is 1.28. The summed E-state index contributed by atoms with van der Waals surface area (Å²) >= 11 is 3.53. The van der Waals surface area contributed by atoms with E-state index in [4.69, 9.17) is 4.74 Å². The van der Waals surface area contributed by atoms with Gasteiger partial charge < -0.3 is 8.92 Å². The first-order chi connectivity index (χ1) is 5.43. The van der Waals surface area contributed by atoms with E-state index >= 15 is 0 Å².